The number of hydrogen-bond acceptors (Lipinski definition) is 3. The summed E-state index contributed by atoms with van der Waals surface area (Å²) in [5, 5.41) is 8.21. The zero-order valence-corrected chi connectivity index (χ0v) is 10.5. The predicted octanol–water partition coefficient (Wildman–Crippen LogP) is 2.85. The van der Waals surface area contributed by atoms with E-state index in [4.69, 9.17) is 23.2 Å². The molecule has 4 nitrogen and oxygen atoms in total. The van der Waals surface area contributed by atoms with Crippen molar-refractivity contribution in [2.75, 3.05) is 0 Å². The third-order valence-electron chi connectivity index (χ3n) is 2.99. The molecular formula is C11H10Cl2N4. The summed E-state index contributed by atoms with van der Waals surface area (Å²) >= 11 is 11.9. The second-order valence-corrected chi connectivity index (χ2v) is 4.80. The second kappa shape index (κ2) is 4.27. The average molecular weight is 269 g/mol. The Kier molecular flexibility index (Phi) is 2.76. The Hall–Kier alpha value is -1.13. The van der Waals surface area contributed by atoms with Crippen LogP contribution in [0.2, 0.25) is 10.3 Å². The normalized spacial score (nSPS) is 14.7. The van der Waals surface area contributed by atoms with E-state index in [0.717, 1.165) is 24.2 Å². The molecule has 0 radical (unpaired) electrons. The van der Waals surface area contributed by atoms with Gasteiger partial charge in [-0.25, -0.2) is 4.98 Å². The molecule has 1 aliphatic carbocycles. The molecule has 2 heterocycles. The van der Waals surface area contributed by atoms with Crippen LogP contribution in [0.1, 0.15) is 24.2 Å². The van der Waals surface area contributed by atoms with Gasteiger partial charge in [0, 0.05) is 11.8 Å². The van der Waals surface area contributed by atoms with Crippen molar-refractivity contribution in [1.29, 1.82) is 0 Å². The van der Waals surface area contributed by atoms with E-state index >= 15 is 0 Å². The van der Waals surface area contributed by atoms with Crippen molar-refractivity contribution in [3.05, 3.63) is 34.1 Å². The summed E-state index contributed by atoms with van der Waals surface area (Å²) < 4.78 is 1.97. The molecule has 0 atom stereocenters. The van der Waals surface area contributed by atoms with Crippen LogP contribution in [0.5, 0.6) is 0 Å². The molecule has 0 amide bonds. The van der Waals surface area contributed by atoms with Gasteiger partial charge in [-0.3, -0.25) is 4.57 Å². The number of fused-ring (bicyclic) bond motifs is 1. The Morgan fingerprint density at radius 2 is 1.94 bits per heavy atom. The Labute approximate surface area is 109 Å². The van der Waals surface area contributed by atoms with Gasteiger partial charge in [-0.15, -0.1) is 10.2 Å². The number of nitrogens with zero attached hydrogens (tertiary/aromatic N) is 4. The van der Waals surface area contributed by atoms with Gasteiger partial charge in [-0.2, -0.15) is 0 Å². The van der Waals surface area contributed by atoms with Crippen molar-refractivity contribution >= 4 is 23.2 Å². The van der Waals surface area contributed by atoms with Gasteiger partial charge in [0.25, 0.3) is 0 Å². The molecule has 0 saturated carbocycles. The zero-order chi connectivity index (χ0) is 11.8. The SMILES string of the molecule is Clc1cc(-n2cnc3c2CCCC3)c(Cl)nn1. The van der Waals surface area contributed by atoms with Gasteiger partial charge >= 0.3 is 0 Å². The van der Waals surface area contributed by atoms with E-state index in [1.807, 2.05) is 4.57 Å². The number of aryl methyl sites for hydroxylation is 1. The van der Waals surface area contributed by atoms with Crippen molar-refractivity contribution in [3.63, 3.8) is 0 Å². The van der Waals surface area contributed by atoms with Crippen LogP contribution >= 0.6 is 23.2 Å². The van der Waals surface area contributed by atoms with Crippen molar-refractivity contribution in [1.82, 2.24) is 19.7 Å². The maximum atomic E-state index is 6.05. The molecule has 0 aliphatic heterocycles. The largest absolute Gasteiger partial charge is 0.300 e. The lowest BCUT2D eigenvalue weighted by Gasteiger charge is -2.14. The van der Waals surface area contributed by atoms with Gasteiger partial charge in [0.05, 0.1) is 17.7 Å². The first-order chi connectivity index (χ1) is 8.25. The fraction of sp³-hybridized carbons (Fsp3) is 0.364. The smallest absolute Gasteiger partial charge is 0.175 e. The first kappa shape index (κ1) is 11.0. The summed E-state index contributed by atoms with van der Waals surface area (Å²) in [6.45, 7) is 0. The molecule has 1 aliphatic rings. The maximum Gasteiger partial charge on any atom is 0.175 e. The fourth-order valence-electron chi connectivity index (χ4n) is 2.19. The molecule has 88 valence electrons. The first-order valence-electron chi connectivity index (χ1n) is 5.50. The average Bonchev–Trinajstić information content (AvgIpc) is 2.76. The van der Waals surface area contributed by atoms with Crippen molar-refractivity contribution in [2.45, 2.75) is 25.7 Å². The van der Waals surface area contributed by atoms with Crippen LogP contribution in [0.25, 0.3) is 5.69 Å². The standard InChI is InChI=1S/C11H10Cl2N4/c12-10-5-9(11(13)16-15-10)17-6-14-7-3-1-2-4-8(7)17/h5-6H,1-4H2. The van der Waals surface area contributed by atoms with Gasteiger partial charge in [0.2, 0.25) is 0 Å². The minimum absolute atomic E-state index is 0.336. The second-order valence-electron chi connectivity index (χ2n) is 4.06. The van der Waals surface area contributed by atoms with Crippen LogP contribution in [-0.2, 0) is 12.8 Å². The van der Waals surface area contributed by atoms with Gasteiger partial charge in [-0.05, 0) is 25.7 Å². The molecule has 6 heteroatoms. The van der Waals surface area contributed by atoms with Crippen molar-refractivity contribution in [3.8, 4) is 5.69 Å². The van der Waals surface area contributed by atoms with Gasteiger partial charge in [0.1, 0.15) is 0 Å². The molecule has 3 rings (SSSR count). The summed E-state index contributed by atoms with van der Waals surface area (Å²) in [5.41, 5.74) is 3.12. The van der Waals surface area contributed by atoms with Gasteiger partial charge in [-0.1, -0.05) is 23.2 Å². The molecular weight excluding hydrogens is 259 g/mol. The number of rotatable bonds is 1. The molecule has 0 bridgehead atoms. The quantitative estimate of drug-likeness (QED) is 0.799. The highest BCUT2D eigenvalue weighted by atomic mass is 35.5. The molecule has 2 aromatic heterocycles. The van der Waals surface area contributed by atoms with Crippen LogP contribution < -0.4 is 0 Å². The summed E-state index contributed by atoms with van der Waals surface area (Å²) in [6, 6.07) is 1.72. The lowest BCUT2D eigenvalue weighted by Crippen LogP contribution is -2.07. The Balaban J connectivity index is 2.15. The highest BCUT2D eigenvalue weighted by Gasteiger charge is 2.18. The molecule has 17 heavy (non-hydrogen) atoms. The van der Waals surface area contributed by atoms with E-state index < -0.39 is 0 Å². The summed E-state index contributed by atoms with van der Waals surface area (Å²) in [5.74, 6) is 0. The molecule has 0 spiro atoms. The Morgan fingerprint density at radius 3 is 2.82 bits per heavy atom. The highest BCUT2D eigenvalue weighted by Crippen LogP contribution is 2.26. The Morgan fingerprint density at radius 1 is 1.12 bits per heavy atom. The number of hydrogen-bond donors (Lipinski definition) is 0. The topological polar surface area (TPSA) is 43.6 Å². The van der Waals surface area contributed by atoms with Crippen LogP contribution in [0.3, 0.4) is 0 Å². The van der Waals surface area contributed by atoms with Crippen LogP contribution in [0.15, 0.2) is 12.4 Å². The lowest BCUT2D eigenvalue weighted by atomic mass is 10.0. The van der Waals surface area contributed by atoms with Crippen LogP contribution in [-0.4, -0.2) is 19.7 Å². The minimum Gasteiger partial charge on any atom is -0.300 e. The summed E-state index contributed by atoms with van der Waals surface area (Å²) in [7, 11) is 0. The number of halogens is 2. The van der Waals surface area contributed by atoms with E-state index in [9.17, 15) is 0 Å². The van der Waals surface area contributed by atoms with Crippen molar-refractivity contribution < 1.29 is 0 Å². The molecule has 0 aromatic carbocycles. The minimum atomic E-state index is 0.336. The van der Waals surface area contributed by atoms with Gasteiger partial charge < -0.3 is 0 Å². The monoisotopic (exact) mass is 268 g/mol. The van der Waals surface area contributed by atoms with E-state index in [2.05, 4.69) is 15.2 Å². The lowest BCUT2D eigenvalue weighted by molar-refractivity contribution is 0.655. The third kappa shape index (κ3) is 1.91. The van der Waals surface area contributed by atoms with E-state index in [1.165, 1.54) is 18.5 Å². The third-order valence-corrected chi connectivity index (χ3v) is 3.44. The molecule has 2 aromatic rings. The Bertz CT molecular complexity index is 565. The number of imidazole rings is 1. The van der Waals surface area contributed by atoms with Crippen LogP contribution in [0, 0.1) is 0 Å². The fourth-order valence-corrected chi connectivity index (χ4v) is 2.51. The predicted molar refractivity (Wildman–Crippen MR) is 65.8 cm³/mol. The number of aromatic nitrogens is 4. The zero-order valence-electron chi connectivity index (χ0n) is 9.03. The van der Waals surface area contributed by atoms with Gasteiger partial charge in [0.15, 0.2) is 10.3 Å². The molecule has 0 saturated heterocycles. The molecule has 0 N–H and O–H groups in total. The molecule has 0 unspecified atom stereocenters. The summed E-state index contributed by atoms with van der Waals surface area (Å²) in [4.78, 5) is 4.42. The summed E-state index contributed by atoms with van der Waals surface area (Å²) in [6.07, 6.45) is 6.22. The van der Waals surface area contributed by atoms with Crippen molar-refractivity contribution in [2.24, 2.45) is 0 Å². The van der Waals surface area contributed by atoms with E-state index in [-0.39, 0.29) is 0 Å². The van der Waals surface area contributed by atoms with E-state index in [1.54, 1.807) is 12.4 Å². The van der Waals surface area contributed by atoms with E-state index in [0.29, 0.717) is 10.3 Å². The van der Waals surface area contributed by atoms with Crippen LogP contribution in [0.4, 0.5) is 0 Å². The first-order valence-corrected chi connectivity index (χ1v) is 6.25. The highest BCUT2D eigenvalue weighted by molar-refractivity contribution is 6.32. The molecule has 0 fully saturated rings. The maximum absolute atomic E-state index is 6.05.